The van der Waals surface area contributed by atoms with Crippen molar-refractivity contribution in [1.82, 2.24) is 5.01 Å². The van der Waals surface area contributed by atoms with Crippen molar-refractivity contribution in [3.8, 4) is 0 Å². The summed E-state index contributed by atoms with van der Waals surface area (Å²) in [5.74, 6) is -0.148. The van der Waals surface area contributed by atoms with E-state index in [1.807, 2.05) is 0 Å². The molecule has 0 fully saturated rings. The molecule has 0 aliphatic rings. The highest BCUT2D eigenvalue weighted by Crippen LogP contribution is 1.92. The fourth-order valence-electron chi connectivity index (χ4n) is 0.689. The Bertz CT molecular complexity index is 147. The SMILES string of the molecule is CC(=O)CN(CC(C)O)N=O. The average Bonchev–Trinajstić information content (AvgIpc) is 1.84. The predicted molar refractivity (Wildman–Crippen MR) is 39.7 cm³/mol. The number of aliphatic hydroxyl groups is 1. The van der Waals surface area contributed by atoms with Gasteiger partial charge in [-0.05, 0) is 13.8 Å². The molecule has 1 atom stereocenters. The van der Waals surface area contributed by atoms with Gasteiger partial charge in [-0.25, -0.2) is 0 Å². The minimum atomic E-state index is -0.646. The quantitative estimate of drug-likeness (QED) is 0.452. The van der Waals surface area contributed by atoms with Crippen LogP contribution in [0.1, 0.15) is 13.8 Å². The number of carbonyl (C=O) groups is 1. The Balaban J connectivity index is 3.76. The third kappa shape index (κ3) is 5.47. The maximum Gasteiger partial charge on any atom is 0.150 e. The van der Waals surface area contributed by atoms with E-state index in [4.69, 9.17) is 5.11 Å². The summed E-state index contributed by atoms with van der Waals surface area (Å²) < 4.78 is 0. The fraction of sp³-hybridized carbons (Fsp3) is 0.833. The molecule has 0 radical (unpaired) electrons. The van der Waals surface area contributed by atoms with Gasteiger partial charge in [0.1, 0.15) is 0 Å². The number of ketones is 1. The second-order valence-electron chi connectivity index (χ2n) is 2.48. The highest BCUT2D eigenvalue weighted by atomic mass is 16.3. The molecular weight excluding hydrogens is 148 g/mol. The molecule has 1 unspecified atom stereocenters. The minimum absolute atomic E-state index is 0.0333. The molecule has 0 amide bonds. The van der Waals surface area contributed by atoms with Gasteiger partial charge in [0, 0.05) is 0 Å². The van der Waals surface area contributed by atoms with Crippen LogP contribution in [0.25, 0.3) is 0 Å². The predicted octanol–water partition coefficient (Wildman–Crippen LogP) is -0.0604. The van der Waals surface area contributed by atoms with E-state index < -0.39 is 6.10 Å². The molecule has 64 valence electrons. The first kappa shape index (κ1) is 10.0. The summed E-state index contributed by atoms with van der Waals surface area (Å²) in [5.41, 5.74) is 0. The first-order valence-corrected chi connectivity index (χ1v) is 3.32. The van der Waals surface area contributed by atoms with E-state index >= 15 is 0 Å². The zero-order valence-corrected chi connectivity index (χ0v) is 6.65. The van der Waals surface area contributed by atoms with Crippen molar-refractivity contribution in [1.29, 1.82) is 0 Å². The summed E-state index contributed by atoms with van der Waals surface area (Å²) >= 11 is 0. The summed E-state index contributed by atoms with van der Waals surface area (Å²) in [5, 5.41) is 12.4. The number of rotatable bonds is 5. The van der Waals surface area contributed by atoms with Gasteiger partial charge < -0.3 is 5.11 Å². The van der Waals surface area contributed by atoms with Crippen LogP contribution in [0, 0.1) is 4.91 Å². The third-order valence-electron chi connectivity index (χ3n) is 0.996. The van der Waals surface area contributed by atoms with Gasteiger partial charge in [-0.2, -0.15) is 0 Å². The van der Waals surface area contributed by atoms with Crippen LogP contribution in [0.2, 0.25) is 0 Å². The highest BCUT2D eigenvalue weighted by Gasteiger charge is 2.08. The van der Waals surface area contributed by atoms with Gasteiger partial charge in [-0.15, -0.1) is 4.91 Å². The van der Waals surface area contributed by atoms with Gasteiger partial charge in [0.05, 0.1) is 24.5 Å². The monoisotopic (exact) mass is 160 g/mol. The topological polar surface area (TPSA) is 70.0 Å². The smallest absolute Gasteiger partial charge is 0.150 e. The Labute approximate surface area is 64.9 Å². The Morgan fingerprint density at radius 3 is 2.55 bits per heavy atom. The van der Waals surface area contributed by atoms with E-state index in [0.717, 1.165) is 5.01 Å². The number of carbonyl (C=O) groups excluding carboxylic acids is 1. The van der Waals surface area contributed by atoms with E-state index in [2.05, 4.69) is 5.29 Å². The molecule has 1 N–H and O–H groups in total. The van der Waals surface area contributed by atoms with Gasteiger partial charge in [0.15, 0.2) is 5.78 Å². The summed E-state index contributed by atoms with van der Waals surface area (Å²) in [4.78, 5) is 20.5. The normalized spacial score (nSPS) is 12.3. The van der Waals surface area contributed by atoms with E-state index in [-0.39, 0.29) is 18.9 Å². The van der Waals surface area contributed by atoms with Crippen molar-refractivity contribution in [2.24, 2.45) is 5.29 Å². The van der Waals surface area contributed by atoms with E-state index in [1.165, 1.54) is 13.8 Å². The summed E-state index contributed by atoms with van der Waals surface area (Å²) in [6.45, 7) is 2.95. The first-order chi connectivity index (χ1) is 5.06. The van der Waals surface area contributed by atoms with Gasteiger partial charge in [0.25, 0.3) is 0 Å². The Hall–Kier alpha value is -0.970. The van der Waals surface area contributed by atoms with Crippen molar-refractivity contribution in [2.75, 3.05) is 13.1 Å². The molecular formula is C6H12N2O3. The molecule has 5 nitrogen and oxygen atoms in total. The number of hydrogen-bond acceptors (Lipinski definition) is 4. The average molecular weight is 160 g/mol. The number of nitroso groups, excluding NO2 is 1. The largest absolute Gasteiger partial charge is 0.392 e. The highest BCUT2D eigenvalue weighted by molar-refractivity contribution is 5.77. The van der Waals surface area contributed by atoms with Crippen LogP contribution < -0.4 is 0 Å². The molecule has 11 heavy (non-hydrogen) atoms. The summed E-state index contributed by atoms with van der Waals surface area (Å²) in [6, 6.07) is 0. The van der Waals surface area contributed by atoms with Gasteiger partial charge in [-0.1, -0.05) is 0 Å². The molecule has 5 heteroatoms. The van der Waals surface area contributed by atoms with E-state index in [1.54, 1.807) is 0 Å². The Morgan fingerprint density at radius 2 is 2.27 bits per heavy atom. The minimum Gasteiger partial charge on any atom is -0.392 e. The summed E-state index contributed by atoms with van der Waals surface area (Å²) in [7, 11) is 0. The van der Waals surface area contributed by atoms with Crippen molar-refractivity contribution >= 4 is 5.78 Å². The fourth-order valence-corrected chi connectivity index (χ4v) is 0.689. The van der Waals surface area contributed by atoms with Crippen LogP contribution >= 0.6 is 0 Å². The van der Waals surface area contributed by atoms with Crippen LogP contribution in [0.3, 0.4) is 0 Å². The van der Waals surface area contributed by atoms with Crippen molar-refractivity contribution in [2.45, 2.75) is 20.0 Å². The molecule has 0 spiro atoms. The number of Topliss-reactive ketones (excluding diaryl/α,β-unsaturated/α-hetero) is 1. The molecule has 0 aliphatic heterocycles. The molecule has 0 aromatic heterocycles. The van der Waals surface area contributed by atoms with Crippen LogP contribution in [0.15, 0.2) is 5.29 Å². The lowest BCUT2D eigenvalue weighted by atomic mass is 10.3. The van der Waals surface area contributed by atoms with Gasteiger partial charge >= 0.3 is 0 Å². The van der Waals surface area contributed by atoms with Gasteiger partial charge in [0.2, 0.25) is 0 Å². The molecule has 0 aromatic rings. The van der Waals surface area contributed by atoms with Crippen LogP contribution in [0.4, 0.5) is 0 Å². The number of hydrogen-bond donors (Lipinski definition) is 1. The first-order valence-electron chi connectivity index (χ1n) is 3.32. The van der Waals surface area contributed by atoms with Crippen molar-refractivity contribution < 1.29 is 9.90 Å². The Morgan fingerprint density at radius 1 is 1.73 bits per heavy atom. The van der Waals surface area contributed by atoms with Crippen molar-refractivity contribution in [3.63, 3.8) is 0 Å². The van der Waals surface area contributed by atoms with Crippen LogP contribution in [-0.4, -0.2) is 35.1 Å². The molecule has 0 aromatic carbocycles. The maximum absolute atomic E-state index is 10.5. The zero-order chi connectivity index (χ0) is 8.85. The maximum atomic E-state index is 10.5. The third-order valence-corrected chi connectivity index (χ3v) is 0.996. The van der Waals surface area contributed by atoms with Crippen LogP contribution in [0.5, 0.6) is 0 Å². The van der Waals surface area contributed by atoms with Crippen molar-refractivity contribution in [3.05, 3.63) is 4.91 Å². The lowest BCUT2D eigenvalue weighted by Gasteiger charge is -2.14. The van der Waals surface area contributed by atoms with Gasteiger partial charge in [-0.3, -0.25) is 9.80 Å². The second-order valence-corrected chi connectivity index (χ2v) is 2.48. The van der Waals surface area contributed by atoms with Crippen LogP contribution in [-0.2, 0) is 4.79 Å². The second kappa shape index (κ2) is 4.79. The van der Waals surface area contributed by atoms with E-state index in [9.17, 15) is 9.70 Å². The van der Waals surface area contributed by atoms with E-state index in [0.29, 0.717) is 0 Å². The molecule has 0 rings (SSSR count). The number of aliphatic hydroxyl groups excluding tert-OH is 1. The Kier molecular flexibility index (Phi) is 4.36. The molecule has 0 heterocycles. The molecule has 0 saturated heterocycles. The number of nitrogens with zero attached hydrogens (tertiary/aromatic N) is 2. The molecule has 0 bridgehead atoms. The zero-order valence-electron chi connectivity index (χ0n) is 6.65. The lowest BCUT2D eigenvalue weighted by Crippen LogP contribution is -2.29. The molecule has 0 saturated carbocycles. The lowest BCUT2D eigenvalue weighted by molar-refractivity contribution is -0.118. The standard InChI is InChI=1S/C6H12N2O3/c1-5(9)3-8(7-11)4-6(2)10/h5,9H,3-4H2,1-2H3. The molecule has 0 aliphatic carbocycles. The summed E-state index contributed by atoms with van der Waals surface area (Å²) in [6.07, 6.45) is -0.646.